The molecule has 0 aromatic heterocycles. The highest BCUT2D eigenvalue weighted by Gasteiger charge is 2.39. The number of hydrogen-bond donors (Lipinski definition) is 0. The van der Waals surface area contributed by atoms with Gasteiger partial charge >= 0.3 is 11.9 Å². The standard InChI is InChI=1S/C26H38O5/c1-6-18(2)12-13-21-19(3)25(29)22(16-26(21,4)5)31-24(28)15-14-23(27)30-17-20-10-8-7-9-11-20/h6,12-13,20,22H,7-11,14-17H2,1-5H3. The lowest BCUT2D eigenvalue weighted by Gasteiger charge is -2.36. The van der Waals surface area contributed by atoms with Crippen LogP contribution in [0.3, 0.4) is 0 Å². The van der Waals surface area contributed by atoms with Crippen molar-refractivity contribution in [3.63, 3.8) is 0 Å². The zero-order chi connectivity index (χ0) is 23.0. The number of allylic oxidation sites excluding steroid dienone is 5. The molecule has 31 heavy (non-hydrogen) atoms. The lowest BCUT2D eigenvalue weighted by molar-refractivity contribution is -0.158. The van der Waals surface area contributed by atoms with Crippen molar-refractivity contribution in [1.82, 2.24) is 0 Å². The average molecular weight is 431 g/mol. The van der Waals surface area contributed by atoms with Crippen LogP contribution in [0.5, 0.6) is 0 Å². The van der Waals surface area contributed by atoms with Gasteiger partial charge in [0.15, 0.2) is 11.9 Å². The second kappa shape index (κ2) is 11.4. The van der Waals surface area contributed by atoms with E-state index >= 15 is 0 Å². The lowest BCUT2D eigenvalue weighted by Crippen LogP contribution is -2.39. The van der Waals surface area contributed by atoms with Crippen LogP contribution in [-0.2, 0) is 23.9 Å². The summed E-state index contributed by atoms with van der Waals surface area (Å²) < 4.78 is 10.8. The van der Waals surface area contributed by atoms with Crippen LogP contribution < -0.4 is 0 Å². The largest absolute Gasteiger partial charge is 0.465 e. The third-order valence-electron chi connectivity index (χ3n) is 6.47. The van der Waals surface area contributed by atoms with Crippen molar-refractivity contribution in [2.75, 3.05) is 6.61 Å². The van der Waals surface area contributed by atoms with Crippen molar-refractivity contribution in [2.24, 2.45) is 11.3 Å². The fraction of sp³-hybridized carbons (Fsp3) is 0.654. The Labute approximate surface area is 186 Å². The van der Waals surface area contributed by atoms with E-state index in [-0.39, 0.29) is 30.0 Å². The highest BCUT2D eigenvalue weighted by Crippen LogP contribution is 2.40. The van der Waals surface area contributed by atoms with Crippen molar-refractivity contribution in [3.8, 4) is 0 Å². The molecular formula is C26H38O5. The first-order valence-electron chi connectivity index (χ1n) is 11.6. The van der Waals surface area contributed by atoms with Gasteiger partial charge in [-0.15, -0.1) is 0 Å². The number of Topliss-reactive ketones (excluding diaryl/α,β-unsaturated/α-hetero) is 1. The molecule has 0 amide bonds. The number of rotatable bonds is 8. The first-order valence-corrected chi connectivity index (χ1v) is 11.6. The van der Waals surface area contributed by atoms with E-state index in [2.05, 4.69) is 13.8 Å². The van der Waals surface area contributed by atoms with Crippen LogP contribution in [0.2, 0.25) is 0 Å². The van der Waals surface area contributed by atoms with E-state index in [4.69, 9.17) is 9.47 Å². The van der Waals surface area contributed by atoms with E-state index in [1.54, 1.807) is 6.92 Å². The van der Waals surface area contributed by atoms with E-state index in [1.165, 1.54) is 19.3 Å². The summed E-state index contributed by atoms with van der Waals surface area (Å²) in [7, 11) is 0. The number of esters is 2. The van der Waals surface area contributed by atoms with E-state index in [0.717, 1.165) is 24.0 Å². The van der Waals surface area contributed by atoms with Gasteiger partial charge in [0, 0.05) is 6.42 Å². The number of carbonyl (C=O) groups is 3. The molecule has 5 nitrogen and oxygen atoms in total. The SMILES string of the molecule is CC=C(C)C=CC1=C(C)C(=O)C(OC(=O)CCC(=O)OCC2CCCCC2)CC1(C)C. The van der Waals surface area contributed by atoms with E-state index in [1.807, 2.05) is 32.1 Å². The fourth-order valence-corrected chi connectivity index (χ4v) is 4.36. The Hall–Kier alpha value is -2.17. The predicted octanol–water partition coefficient (Wildman–Crippen LogP) is 5.64. The van der Waals surface area contributed by atoms with Gasteiger partial charge < -0.3 is 9.47 Å². The van der Waals surface area contributed by atoms with Gasteiger partial charge in [0.1, 0.15) is 0 Å². The summed E-state index contributed by atoms with van der Waals surface area (Å²) >= 11 is 0. The first kappa shape index (κ1) is 25.1. The number of hydrogen-bond acceptors (Lipinski definition) is 5. The Morgan fingerprint density at radius 1 is 1.10 bits per heavy atom. The van der Waals surface area contributed by atoms with Crippen molar-refractivity contribution in [3.05, 3.63) is 34.9 Å². The number of carbonyl (C=O) groups excluding carboxylic acids is 3. The Morgan fingerprint density at radius 2 is 1.74 bits per heavy atom. The molecule has 0 bridgehead atoms. The molecule has 0 aliphatic heterocycles. The average Bonchev–Trinajstić information content (AvgIpc) is 2.74. The highest BCUT2D eigenvalue weighted by atomic mass is 16.5. The smallest absolute Gasteiger partial charge is 0.307 e. The molecule has 0 saturated heterocycles. The molecule has 0 aromatic rings. The van der Waals surface area contributed by atoms with E-state index < -0.39 is 12.1 Å². The zero-order valence-corrected chi connectivity index (χ0v) is 19.8. The third-order valence-corrected chi connectivity index (χ3v) is 6.47. The minimum absolute atomic E-state index is 0.0126. The van der Waals surface area contributed by atoms with Gasteiger partial charge in [-0.1, -0.05) is 56.9 Å². The number of ether oxygens (including phenoxy) is 2. The van der Waals surface area contributed by atoms with Crippen LogP contribution in [0.15, 0.2) is 34.9 Å². The summed E-state index contributed by atoms with van der Waals surface area (Å²) in [5.41, 5.74) is 2.41. The normalized spacial score (nSPS) is 22.7. The molecule has 1 unspecified atom stereocenters. The van der Waals surface area contributed by atoms with Crippen LogP contribution in [0, 0.1) is 11.3 Å². The fourth-order valence-electron chi connectivity index (χ4n) is 4.36. The van der Waals surface area contributed by atoms with Gasteiger partial charge in [0.05, 0.1) is 19.4 Å². The first-order chi connectivity index (χ1) is 14.6. The minimum Gasteiger partial charge on any atom is -0.465 e. The Kier molecular flexibility index (Phi) is 9.27. The molecule has 0 aromatic carbocycles. The molecule has 2 aliphatic rings. The van der Waals surface area contributed by atoms with Crippen LogP contribution in [0.25, 0.3) is 0 Å². The third kappa shape index (κ3) is 7.48. The summed E-state index contributed by atoms with van der Waals surface area (Å²) in [6.07, 6.45) is 11.4. The molecule has 0 N–H and O–H groups in total. The number of ketones is 1. The van der Waals surface area contributed by atoms with Crippen LogP contribution in [0.1, 0.15) is 86.0 Å². The maximum Gasteiger partial charge on any atom is 0.307 e. The Bertz CT molecular complexity index is 763. The zero-order valence-electron chi connectivity index (χ0n) is 19.8. The molecule has 0 heterocycles. The molecule has 2 rings (SSSR count). The second-order valence-corrected chi connectivity index (χ2v) is 9.52. The van der Waals surface area contributed by atoms with Crippen LogP contribution in [0.4, 0.5) is 0 Å². The van der Waals surface area contributed by atoms with E-state index in [0.29, 0.717) is 24.5 Å². The summed E-state index contributed by atoms with van der Waals surface area (Å²) in [6.45, 7) is 10.3. The highest BCUT2D eigenvalue weighted by molar-refractivity contribution is 6.01. The molecule has 1 fully saturated rings. The van der Waals surface area contributed by atoms with Crippen molar-refractivity contribution in [2.45, 2.75) is 92.1 Å². The quantitative estimate of drug-likeness (QED) is 0.368. The van der Waals surface area contributed by atoms with Crippen molar-refractivity contribution < 1.29 is 23.9 Å². The molecule has 1 atom stereocenters. The predicted molar refractivity (Wildman–Crippen MR) is 121 cm³/mol. The summed E-state index contributed by atoms with van der Waals surface area (Å²) in [6, 6.07) is 0. The molecule has 0 spiro atoms. The van der Waals surface area contributed by atoms with Gasteiger partial charge in [-0.25, -0.2) is 0 Å². The monoisotopic (exact) mass is 430 g/mol. The molecule has 1 saturated carbocycles. The molecular weight excluding hydrogens is 392 g/mol. The van der Waals surface area contributed by atoms with Crippen molar-refractivity contribution >= 4 is 17.7 Å². The van der Waals surface area contributed by atoms with Crippen LogP contribution >= 0.6 is 0 Å². The molecule has 2 aliphatic carbocycles. The maximum absolute atomic E-state index is 12.8. The lowest BCUT2D eigenvalue weighted by atomic mass is 9.71. The topological polar surface area (TPSA) is 69.7 Å². The van der Waals surface area contributed by atoms with Crippen LogP contribution in [-0.4, -0.2) is 30.4 Å². The van der Waals surface area contributed by atoms with Crippen molar-refractivity contribution in [1.29, 1.82) is 0 Å². The molecule has 5 heteroatoms. The van der Waals surface area contributed by atoms with Gasteiger partial charge in [0.25, 0.3) is 0 Å². The Morgan fingerprint density at radius 3 is 2.39 bits per heavy atom. The summed E-state index contributed by atoms with van der Waals surface area (Å²) in [4.78, 5) is 37.1. The van der Waals surface area contributed by atoms with E-state index in [9.17, 15) is 14.4 Å². The molecule has 0 radical (unpaired) electrons. The Balaban J connectivity index is 1.87. The second-order valence-electron chi connectivity index (χ2n) is 9.52. The summed E-state index contributed by atoms with van der Waals surface area (Å²) in [5.74, 6) is -0.618. The summed E-state index contributed by atoms with van der Waals surface area (Å²) in [5, 5.41) is 0. The maximum atomic E-state index is 12.8. The molecule has 172 valence electrons. The van der Waals surface area contributed by atoms with Gasteiger partial charge in [-0.2, -0.15) is 0 Å². The van der Waals surface area contributed by atoms with Gasteiger partial charge in [-0.05, 0) is 56.1 Å². The van der Waals surface area contributed by atoms with Gasteiger partial charge in [0.2, 0.25) is 0 Å². The minimum atomic E-state index is -0.805. The van der Waals surface area contributed by atoms with Gasteiger partial charge in [-0.3, -0.25) is 14.4 Å².